The fraction of sp³-hybridized carbons (Fsp3) is 0.412. The minimum Gasteiger partial charge on any atom is -0.313 e. The standard InChI is InChI=1S/C13H14ClN3OS.C4H10/c14-10-3-1-9(2-4-10)12(17-19)6-5-11-7-13(18)16-8-15-11;1-4(2)3/h1-4,7-8,12,17,19H,5-6H2,(H,15,16,18);4H,1-3H3. The summed E-state index contributed by atoms with van der Waals surface area (Å²) in [6.07, 6.45) is 2.91. The van der Waals surface area contributed by atoms with Crippen LogP contribution in [0.4, 0.5) is 0 Å². The van der Waals surface area contributed by atoms with E-state index in [1.54, 1.807) is 0 Å². The average Bonchev–Trinajstić information content (AvgIpc) is 2.49. The molecule has 23 heavy (non-hydrogen) atoms. The first kappa shape index (κ1) is 19.7. The molecule has 0 aliphatic heterocycles. The normalized spacial score (nSPS) is 11.7. The van der Waals surface area contributed by atoms with Crippen molar-refractivity contribution in [1.82, 2.24) is 14.7 Å². The summed E-state index contributed by atoms with van der Waals surface area (Å²) in [7, 11) is 0. The molecule has 1 atom stereocenters. The summed E-state index contributed by atoms with van der Waals surface area (Å²) >= 11 is 10.0. The van der Waals surface area contributed by atoms with Crippen LogP contribution in [0.1, 0.15) is 44.5 Å². The second-order valence-electron chi connectivity index (χ2n) is 5.91. The second-order valence-corrected chi connectivity index (χ2v) is 6.60. The smallest absolute Gasteiger partial charge is 0.250 e. The summed E-state index contributed by atoms with van der Waals surface area (Å²) in [5, 5.41) is 0.706. The predicted molar refractivity (Wildman–Crippen MR) is 100 cm³/mol. The summed E-state index contributed by atoms with van der Waals surface area (Å²) < 4.78 is 2.96. The highest BCUT2D eigenvalue weighted by molar-refractivity contribution is 7.78. The van der Waals surface area contributed by atoms with E-state index in [2.05, 4.69) is 48.3 Å². The first-order valence-electron chi connectivity index (χ1n) is 7.61. The van der Waals surface area contributed by atoms with E-state index in [0.29, 0.717) is 11.4 Å². The van der Waals surface area contributed by atoms with Gasteiger partial charge in [-0.2, -0.15) is 0 Å². The van der Waals surface area contributed by atoms with Gasteiger partial charge in [-0.1, -0.05) is 57.3 Å². The molecule has 0 aliphatic rings. The van der Waals surface area contributed by atoms with Gasteiger partial charge in [-0.25, -0.2) is 4.98 Å². The number of thiol groups is 1. The Morgan fingerprint density at radius 2 is 1.87 bits per heavy atom. The van der Waals surface area contributed by atoms with Gasteiger partial charge in [-0.3, -0.25) is 9.52 Å². The number of benzene rings is 1. The average molecular weight is 354 g/mol. The Kier molecular flexibility index (Phi) is 8.99. The van der Waals surface area contributed by atoms with Crippen molar-refractivity contribution in [3.63, 3.8) is 0 Å². The van der Waals surface area contributed by atoms with Crippen LogP contribution >= 0.6 is 24.4 Å². The molecule has 0 saturated carbocycles. The molecule has 2 rings (SSSR count). The van der Waals surface area contributed by atoms with Gasteiger partial charge in [-0.05, 0) is 36.5 Å². The third kappa shape index (κ3) is 8.21. The number of hydrogen-bond donors (Lipinski definition) is 3. The Bertz CT molecular complexity index is 625. The molecule has 0 fully saturated rings. The molecule has 0 amide bonds. The maximum Gasteiger partial charge on any atom is 0.250 e. The molecule has 2 N–H and O–H groups in total. The van der Waals surface area contributed by atoms with E-state index < -0.39 is 0 Å². The van der Waals surface area contributed by atoms with E-state index in [4.69, 9.17) is 11.6 Å². The van der Waals surface area contributed by atoms with Crippen LogP contribution in [0.15, 0.2) is 41.5 Å². The van der Waals surface area contributed by atoms with Crippen molar-refractivity contribution in [3.05, 3.63) is 63.3 Å². The molecule has 126 valence electrons. The number of aromatic nitrogens is 2. The number of aryl methyl sites for hydroxylation is 1. The molecule has 4 nitrogen and oxygen atoms in total. The zero-order valence-corrected chi connectivity index (χ0v) is 15.4. The Labute approximate surface area is 148 Å². The molecule has 0 radical (unpaired) electrons. The van der Waals surface area contributed by atoms with E-state index in [-0.39, 0.29) is 11.6 Å². The summed E-state index contributed by atoms with van der Waals surface area (Å²) in [6, 6.07) is 9.21. The maximum absolute atomic E-state index is 11.2. The zero-order chi connectivity index (χ0) is 17.2. The number of nitrogens with one attached hydrogen (secondary N) is 2. The number of H-pyrrole nitrogens is 1. The zero-order valence-electron chi connectivity index (χ0n) is 13.7. The molecule has 1 unspecified atom stereocenters. The molecule has 1 heterocycles. The third-order valence-electron chi connectivity index (χ3n) is 2.85. The lowest BCUT2D eigenvalue weighted by atomic mass is 10.0. The van der Waals surface area contributed by atoms with E-state index in [0.717, 1.165) is 23.6 Å². The Balaban J connectivity index is 0.000000593. The molecule has 1 aromatic heterocycles. The summed E-state index contributed by atoms with van der Waals surface area (Å²) in [4.78, 5) is 17.8. The van der Waals surface area contributed by atoms with Gasteiger partial charge in [0.2, 0.25) is 0 Å². The van der Waals surface area contributed by atoms with Crippen LogP contribution in [0.25, 0.3) is 0 Å². The van der Waals surface area contributed by atoms with Crippen molar-refractivity contribution in [3.8, 4) is 0 Å². The third-order valence-corrected chi connectivity index (χ3v) is 3.42. The number of halogens is 1. The molecule has 0 aliphatic carbocycles. The molecule has 2 aromatic rings. The van der Waals surface area contributed by atoms with Crippen molar-refractivity contribution in [2.24, 2.45) is 5.92 Å². The van der Waals surface area contributed by atoms with Crippen molar-refractivity contribution in [1.29, 1.82) is 0 Å². The number of rotatable bonds is 5. The van der Waals surface area contributed by atoms with Gasteiger partial charge in [0.1, 0.15) is 0 Å². The second kappa shape index (κ2) is 10.5. The molecule has 0 saturated heterocycles. The maximum atomic E-state index is 11.2. The molecular formula is C17H24ClN3OS. The quantitative estimate of drug-likeness (QED) is 0.706. The minimum absolute atomic E-state index is 0.0849. The largest absolute Gasteiger partial charge is 0.313 e. The topological polar surface area (TPSA) is 57.8 Å². The van der Waals surface area contributed by atoms with E-state index >= 15 is 0 Å². The van der Waals surface area contributed by atoms with Crippen molar-refractivity contribution in [2.45, 2.75) is 39.7 Å². The fourth-order valence-electron chi connectivity index (χ4n) is 1.84. The highest BCUT2D eigenvalue weighted by Crippen LogP contribution is 2.21. The number of hydrogen-bond acceptors (Lipinski definition) is 4. The van der Waals surface area contributed by atoms with E-state index in [1.165, 1.54) is 12.4 Å². The Morgan fingerprint density at radius 1 is 1.26 bits per heavy atom. The molecular weight excluding hydrogens is 330 g/mol. The molecule has 0 bridgehead atoms. The van der Waals surface area contributed by atoms with Crippen molar-refractivity contribution >= 4 is 24.4 Å². The summed E-state index contributed by atoms with van der Waals surface area (Å²) in [6.45, 7) is 6.50. The molecule has 0 spiro atoms. The minimum atomic E-state index is -0.133. The van der Waals surface area contributed by atoms with Crippen LogP contribution < -0.4 is 10.3 Å². The highest BCUT2D eigenvalue weighted by atomic mass is 35.5. The Hall–Kier alpha value is -1.30. The fourth-order valence-corrected chi connectivity index (χ4v) is 2.24. The van der Waals surface area contributed by atoms with Gasteiger partial charge in [0.15, 0.2) is 0 Å². The summed E-state index contributed by atoms with van der Waals surface area (Å²) in [5.41, 5.74) is 1.74. The predicted octanol–water partition coefficient (Wildman–Crippen LogP) is 4.19. The molecule has 1 aromatic carbocycles. The SMILES string of the molecule is CC(C)C.O=c1cc(CCC(NS)c2ccc(Cl)cc2)nc[nH]1. The molecule has 6 heteroatoms. The van der Waals surface area contributed by atoms with Gasteiger partial charge < -0.3 is 4.98 Å². The van der Waals surface area contributed by atoms with Crippen LogP contribution in [0, 0.1) is 5.92 Å². The monoisotopic (exact) mass is 353 g/mol. The van der Waals surface area contributed by atoms with Crippen LogP contribution in [0.5, 0.6) is 0 Å². The van der Waals surface area contributed by atoms with E-state index in [1.807, 2.05) is 24.3 Å². The van der Waals surface area contributed by atoms with Gasteiger partial charge in [-0.15, -0.1) is 0 Å². The lowest BCUT2D eigenvalue weighted by Gasteiger charge is -2.15. The van der Waals surface area contributed by atoms with Crippen molar-refractivity contribution in [2.75, 3.05) is 0 Å². The first-order chi connectivity index (χ1) is 10.9. The first-order valence-corrected chi connectivity index (χ1v) is 8.43. The van der Waals surface area contributed by atoms with Crippen LogP contribution in [-0.4, -0.2) is 9.97 Å². The van der Waals surface area contributed by atoms with E-state index in [9.17, 15) is 4.79 Å². The van der Waals surface area contributed by atoms with Crippen LogP contribution in [-0.2, 0) is 6.42 Å². The van der Waals surface area contributed by atoms with Gasteiger partial charge in [0, 0.05) is 22.8 Å². The number of nitrogens with zero attached hydrogens (tertiary/aromatic N) is 1. The van der Waals surface area contributed by atoms with Crippen molar-refractivity contribution < 1.29 is 0 Å². The van der Waals surface area contributed by atoms with Gasteiger partial charge >= 0.3 is 0 Å². The highest BCUT2D eigenvalue weighted by Gasteiger charge is 2.10. The van der Waals surface area contributed by atoms with Gasteiger partial charge in [0.25, 0.3) is 5.56 Å². The Morgan fingerprint density at radius 3 is 2.39 bits per heavy atom. The lowest BCUT2D eigenvalue weighted by Crippen LogP contribution is -2.14. The van der Waals surface area contributed by atoms with Crippen LogP contribution in [0.2, 0.25) is 5.02 Å². The van der Waals surface area contributed by atoms with Gasteiger partial charge in [0.05, 0.1) is 6.33 Å². The summed E-state index contributed by atoms with van der Waals surface area (Å²) in [5.74, 6) is 0.833. The number of aromatic amines is 1. The lowest BCUT2D eigenvalue weighted by molar-refractivity contribution is 0.609. The van der Waals surface area contributed by atoms with Crippen LogP contribution in [0.3, 0.4) is 0 Å².